The number of unbranched alkanes of at least 4 members (excludes halogenated alkanes) is 1. The number of amidine groups is 1. The number of hydrogen-bond donors (Lipinski definition) is 1. The van der Waals surface area contributed by atoms with E-state index >= 15 is 0 Å². The molecule has 2 aliphatic rings. The summed E-state index contributed by atoms with van der Waals surface area (Å²) in [6.07, 6.45) is 3.34. The minimum atomic E-state index is -3.63. The van der Waals surface area contributed by atoms with Gasteiger partial charge in [0.25, 0.3) is 10.0 Å². The average molecular weight is 499 g/mol. The Morgan fingerprint density at radius 3 is 2.49 bits per heavy atom. The molecule has 2 heterocycles. The van der Waals surface area contributed by atoms with Gasteiger partial charge in [-0.15, -0.1) is 0 Å². The Morgan fingerprint density at radius 1 is 1.09 bits per heavy atom. The summed E-state index contributed by atoms with van der Waals surface area (Å²) in [4.78, 5) is 22.5. The molecule has 1 saturated heterocycles. The van der Waals surface area contributed by atoms with Gasteiger partial charge in [0.15, 0.2) is 0 Å². The highest BCUT2D eigenvalue weighted by molar-refractivity contribution is 7.90. The molecule has 2 aromatic carbocycles. The Morgan fingerprint density at radius 2 is 1.80 bits per heavy atom. The first-order chi connectivity index (χ1) is 16.9. The Bertz CT molecular complexity index is 1160. The molecule has 1 fully saturated rings. The van der Waals surface area contributed by atoms with Gasteiger partial charge >= 0.3 is 0 Å². The summed E-state index contributed by atoms with van der Waals surface area (Å²) in [5.74, 6) is 1.11. The Kier molecular flexibility index (Phi) is 8.07. The van der Waals surface area contributed by atoms with Crippen molar-refractivity contribution in [1.29, 1.82) is 0 Å². The van der Waals surface area contributed by atoms with Gasteiger partial charge in [-0.2, -0.15) is 0 Å². The van der Waals surface area contributed by atoms with E-state index in [4.69, 9.17) is 4.74 Å². The number of ether oxygens (including phenoxy) is 1. The first-order valence-electron chi connectivity index (χ1n) is 12.3. The molecule has 8 nitrogen and oxygen atoms in total. The van der Waals surface area contributed by atoms with Crippen molar-refractivity contribution < 1.29 is 17.9 Å². The van der Waals surface area contributed by atoms with Crippen molar-refractivity contribution in [1.82, 2.24) is 14.5 Å². The van der Waals surface area contributed by atoms with Crippen molar-refractivity contribution in [2.75, 3.05) is 39.8 Å². The van der Waals surface area contributed by atoms with E-state index in [1.54, 1.807) is 31.4 Å². The topological polar surface area (TPSA) is 91.3 Å². The second-order valence-corrected chi connectivity index (χ2v) is 10.7. The third kappa shape index (κ3) is 6.02. The fraction of sp³-hybridized carbons (Fsp3) is 0.462. The molecule has 0 radical (unpaired) electrons. The minimum absolute atomic E-state index is 0.0238. The van der Waals surface area contributed by atoms with Crippen LogP contribution >= 0.6 is 0 Å². The van der Waals surface area contributed by atoms with Crippen molar-refractivity contribution >= 4 is 21.8 Å². The maximum atomic E-state index is 13.4. The number of piperazine rings is 1. The van der Waals surface area contributed by atoms with Gasteiger partial charge in [0, 0.05) is 38.3 Å². The fourth-order valence-electron chi connectivity index (χ4n) is 4.51. The lowest BCUT2D eigenvalue weighted by molar-refractivity contribution is -0.134. The average Bonchev–Trinajstić information content (AvgIpc) is 3.15. The van der Waals surface area contributed by atoms with E-state index in [0.717, 1.165) is 44.6 Å². The van der Waals surface area contributed by atoms with E-state index in [9.17, 15) is 13.2 Å². The smallest absolute Gasteiger partial charge is 0.263 e. The van der Waals surface area contributed by atoms with E-state index in [1.807, 2.05) is 17.0 Å². The summed E-state index contributed by atoms with van der Waals surface area (Å²) >= 11 is 0. The quantitative estimate of drug-likeness (QED) is 0.574. The SMILES string of the molecule is CCCCC(N=C1NS(=O)(=O)c2ccccc21)C(=O)N1CCN(CCc2ccc(OC)cc2)CC1. The highest BCUT2D eigenvalue weighted by Crippen LogP contribution is 2.24. The molecule has 4 rings (SSSR count). The number of hydrogen-bond acceptors (Lipinski definition) is 6. The van der Waals surface area contributed by atoms with Crippen molar-refractivity contribution in [2.45, 2.75) is 43.5 Å². The number of benzene rings is 2. The molecule has 2 aromatic rings. The molecule has 0 spiro atoms. The number of amides is 1. The maximum absolute atomic E-state index is 13.4. The van der Waals surface area contributed by atoms with Gasteiger partial charge in [0.1, 0.15) is 17.6 Å². The van der Waals surface area contributed by atoms with Gasteiger partial charge in [0.05, 0.1) is 12.0 Å². The zero-order chi connectivity index (χ0) is 24.8. The molecule has 9 heteroatoms. The van der Waals surface area contributed by atoms with Crippen LogP contribution in [0.3, 0.4) is 0 Å². The van der Waals surface area contributed by atoms with Crippen LogP contribution in [0.5, 0.6) is 5.75 Å². The molecule has 1 N–H and O–H groups in total. The van der Waals surface area contributed by atoms with E-state index < -0.39 is 16.1 Å². The maximum Gasteiger partial charge on any atom is 0.263 e. The Labute approximate surface area is 208 Å². The zero-order valence-corrected chi connectivity index (χ0v) is 21.3. The number of nitrogens with one attached hydrogen (secondary N) is 1. The van der Waals surface area contributed by atoms with Crippen LogP contribution in [0.2, 0.25) is 0 Å². The molecule has 1 atom stereocenters. The van der Waals surface area contributed by atoms with Crippen LogP contribution in [-0.4, -0.2) is 75.8 Å². The van der Waals surface area contributed by atoms with E-state index in [2.05, 4.69) is 33.7 Å². The van der Waals surface area contributed by atoms with Crippen molar-refractivity contribution in [3.63, 3.8) is 0 Å². The van der Waals surface area contributed by atoms with Gasteiger partial charge in [-0.1, -0.05) is 44.0 Å². The predicted molar refractivity (Wildman–Crippen MR) is 136 cm³/mol. The second kappa shape index (κ2) is 11.2. The molecule has 0 bridgehead atoms. The fourth-order valence-corrected chi connectivity index (χ4v) is 5.75. The van der Waals surface area contributed by atoms with Crippen molar-refractivity contribution in [2.24, 2.45) is 4.99 Å². The van der Waals surface area contributed by atoms with Gasteiger partial charge in [-0.25, -0.2) is 8.42 Å². The largest absolute Gasteiger partial charge is 0.497 e. The number of fused-ring (bicyclic) bond motifs is 1. The first-order valence-corrected chi connectivity index (χ1v) is 13.7. The van der Waals surface area contributed by atoms with Gasteiger partial charge in [-0.3, -0.25) is 19.4 Å². The first kappa shape index (κ1) is 25.2. The lowest BCUT2D eigenvalue weighted by Crippen LogP contribution is -2.51. The third-order valence-electron chi connectivity index (χ3n) is 6.62. The number of carbonyl (C=O) groups is 1. The second-order valence-electron chi connectivity index (χ2n) is 9.00. The monoisotopic (exact) mass is 498 g/mol. The third-order valence-corrected chi connectivity index (χ3v) is 8.02. The molecule has 0 aliphatic carbocycles. The number of carbonyl (C=O) groups excluding carboxylic acids is 1. The van der Waals surface area contributed by atoms with Crippen LogP contribution < -0.4 is 9.46 Å². The molecular formula is C26H34N4O4S. The number of aliphatic imine (C=N–C) groups is 1. The summed E-state index contributed by atoms with van der Waals surface area (Å²) < 4.78 is 32.7. The van der Waals surface area contributed by atoms with Crippen molar-refractivity contribution in [3.8, 4) is 5.75 Å². The van der Waals surface area contributed by atoms with E-state index in [-0.39, 0.29) is 16.6 Å². The van der Waals surface area contributed by atoms with E-state index in [1.165, 1.54) is 5.56 Å². The number of nitrogens with zero attached hydrogens (tertiary/aromatic N) is 3. The van der Waals surface area contributed by atoms with E-state index in [0.29, 0.717) is 25.1 Å². The number of sulfonamides is 1. The molecule has 1 unspecified atom stereocenters. The lowest BCUT2D eigenvalue weighted by atomic mass is 10.1. The summed E-state index contributed by atoms with van der Waals surface area (Å²) in [7, 11) is -1.97. The van der Waals surface area contributed by atoms with Crippen LogP contribution in [0.25, 0.3) is 0 Å². The molecule has 1 amide bonds. The van der Waals surface area contributed by atoms with Crippen LogP contribution in [0.1, 0.15) is 37.3 Å². The normalized spacial score (nSPS) is 19.3. The Balaban J connectivity index is 1.38. The summed E-state index contributed by atoms with van der Waals surface area (Å²) in [6, 6.07) is 14.3. The van der Waals surface area contributed by atoms with Crippen LogP contribution in [0.4, 0.5) is 0 Å². The number of rotatable bonds is 9. The molecule has 188 valence electrons. The standard InChI is InChI=1S/C26H34N4O4S/c1-3-4-8-23(27-25-22-7-5-6-9-24(22)35(32,33)28-25)26(31)30-18-16-29(17-19-30)15-14-20-10-12-21(34-2)13-11-20/h5-7,9-13,23H,3-4,8,14-19H2,1-2H3,(H,27,28). The minimum Gasteiger partial charge on any atom is -0.497 e. The summed E-state index contributed by atoms with van der Waals surface area (Å²) in [5.41, 5.74) is 1.80. The Hall–Kier alpha value is -2.91. The highest BCUT2D eigenvalue weighted by Gasteiger charge is 2.33. The highest BCUT2D eigenvalue weighted by atomic mass is 32.2. The molecule has 0 aromatic heterocycles. The van der Waals surface area contributed by atoms with Crippen molar-refractivity contribution in [3.05, 3.63) is 59.7 Å². The van der Waals surface area contributed by atoms with Crippen LogP contribution in [-0.2, 0) is 21.2 Å². The summed E-state index contributed by atoms with van der Waals surface area (Å²) in [5, 5.41) is 0. The van der Waals surface area contributed by atoms with Gasteiger partial charge in [-0.05, 0) is 42.7 Å². The molecule has 2 aliphatic heterocycles. The van der Waals surface area contributed by atoms with Crippen LogP contribution in [0.15, 0.2) is 58.4 Å². The molecule has 35 heavy (non-hydrogen) atoms. The number of methoxy groups -OCH3 is 1. The molecular weight excluding hydrogens is 464 g/mol. The van der Waals surface area contributed by atoms with Gasteiger partial charge in [0.2, 0.25) is 5.91 Å². The predicted octanol–water partition coefficient (Wildman–Crippen LogP) is 2.68. The van der Waals surface area contributed by atoms with Gasteiger partial charge < -0.3 is 9.64 Å². The lowest BCUT2D eigenvalue weighted by Gasteiger charge is -2.36. The summed E-state index contributed by atoms with van der Waals surface area (Å²) in [6.45, 7) is 5.94. The van der Waals surface area contributed by atoms with Crippen LogP contribution in [0, 0.1) is 0 Å². The zero-order valence-electron chi connectivity index (χ0n) is 20.4. The molecule has 0 saturated carbocycles.